The zero-order valence-corrected chi connectivity index (χ0v) is 31.0. The second-order valence-corrected chi connectivity index (χ2v) is 12.7. The lowest BCUT2D eigenvalue weighted by Gasteiger charge is -2.08. The van der Waals surface area contributed by atoms with Gasteiger partial charge in [0.05, 0.1) is 16.7 Å². The molecule has 1 aliphatic heterocycles. The first-order valence-corrected chi connectivity index (χ1v) is 17.7. The first kappa shape index (κ1) is 43.7. The van der Waals surface area contributed by atoms with E-state index in [9.17, 15) is 40.7 Å². The highest BCUT2D eigenvalue weighted by atomic mass is 19.2. The van der Waals surface area contributed by atoms with Gasteiger partial charge in [-0.3, -0.25) is 0 Å². The van der Waals surface area contributed by atoms with Crippen LogP contribution in [0, 0.1) is 34.9 Å². The lowest BCUT2D eigenvalue weighted by Crippen LogP contribution is -2.09. The molecule has 0 radical (unpaired) electrons. The van der Waals surface area contributed by atoms with Crippen LogP contribution in [0.5, 0.6) is 23.0 Å². The predicted octanol–water partition coefficient (Wildman–Crippen LogP) is 10.5. The van der Waals surface area contributed by atoms with Crippen molar-refractivity contribution in [2.24, 2.45) is 0 Å². The second-order valence-electron chi connectivity index (χ2n) is 12.7. The normalized spacial score (nSPS) is 11.6. The van der Waals surface area contributed by atoms with Crippen molar-refractivity contribution in [2.75, 3.05) is 13.2 Å². The van der Waals surface area contributed by atoms with E-state index in [0.29, 0.717) is 16.8 Å². The summed E-state index contributed by atoms with van der Waals surface area (Å²) in [5.74, 6) is -8.85. The number of hydrogen-bond donors (Lipinski definition) is 3. The Morgan fingerprint density at radius 2 is 0.783 bits per heavy atom. The van der Waals surface area contributed by atoms with Crippen LogP contribution in [0.1, 0.15) is 43.9 Å². The van der Waals surface area contributed by atoms with Crippen molar-refractivity contribution in [1.29, 1.82) is 0 Å². The molecule has 7 aromatic carbocycles. The molecule has 0 unspecified atom stereocenters. The number of rotatable bonds is 5. The molecule has 0 saturated carbocycles. The molecule has 0 aliphatic carbocycles. The number of carbonyl (C=O) groups excluding carboxylic acids is 2. The summed E-state index contributed by atoms with van der Waals surface area (Å²) in [4.78, 5) is 34.5. The highest BCUT2D eigenvalue weighted by molar-refractivity contribution is 5.94. The molecule has 0 aromatic heterocycles. The van der Waals surface area contributed by atoms with Crippen LogP contribution in [0.15, 0.2) is 127 Å². The number of fused-ring (bicyclic) bond motifs is 2. The Morgan fingerprint density at radius 3 is 1.13 bits per heavy atom. The number of esters is 2. The summed E-state index contributed by atoms with van der Waals surface area (Å²) in [5.41, 5.74) is -0.559. The number of carboxylic acids is 1. The van der Waals surface area contributed by atoms with Crippen molar-refractivity contribution in [2.45, 2.75) is 12.8 Å². The molecular formula is C45H32F6O9. The molecule has 1 fully saturated rings. The maximum absolute atomic E-state index is 13.3. The number of carbonyl (C=O) groups is 3. The van der Waals surface area contributed by atoms with Crippen molar-refractivity contribution in [3.63, 3.8) is 0 Å². The van der Waals surface area contributed by atoms with Gasteiger partial charge in [0.2, 0.25) is 0 Å². The Kier molecular flexibility index (Phi) is 14.8. The van der Waals surface area contributed by atoms with Gasteiger partial charge in [0.1, 0.15) is 23.0 Å². The number of phenols is 2. The molecule has 8 rings (SSSR count). The molecule has 15 heteroatoms. The first-order valence-electron chi connectivity index (χ1n) is 17.7. The van der Waals surface area contributed by atoms with Gasteiger partial charge in [-0.1, -0.05) is 24.3 Å². The summed E-state index contributed by atoms with van der Waals surface area (Å²) in [5, 5.41) is 29.7. The Balaban J connectivity index is 0.000000196. The van der Waals surface area contributed by atoms with Crippen LogP contribution in [-0.4, -0.2) is 46.4 Å². The van der Waals surface area contributed by atoms with Crippen LogP contribution in [0.25, 0.3) is 21.5 Å². The molecule has 0 amide bonds. The van der Waals surface area contributed by atoms with Gasteiger partial charge in [-0.2, -0.15) is 0 Å². The van der Waals surface area contributed by atoms with Gasteiger partial charge in [0, 0.05) is 13.2 Å². The summed E-state index contributed by atoms with van der Waals surface area (Å²) in [6, 6.07) is 27.0. The maximum atomic E-state index is 13.3. The third kappa shape index (κ3) is 12.3. The Labute approximate surface area is 337 Å². The van der Waals surface area contributed by atoms with Crippen LogP contribution >= 0.6 is 0 Å². The average molecular weight is 831 g/mol. The van der Waals surface area contributed by atoms with E-state index >= 15 is 0 Å². The number of benzene rings is 7. The third-order valence-electron chi connectivity index (χ3n) is 8.32. The molecule has 1 aliphatic rings. The highest BCUT2D eigenvalue weighted by Crippen LogP contribution is 2.27. The largest absolute Gasteiger partial charge is 0.508 e. The summed E-state index contributed by atoms with van der Waals surface area (Å²) < 4.78 is 92.5. The van der Waals surface area contributed by atoms with Gasteiger partial charge in [-0.25, -0.2) is 40.7 Å². The average Bonchev–Trinajstić information content (AvgIpc) is 3.82. The Morgan fingerprint density at radius 1 is 0.433 bits per heavy atom. The van der Waals surface area contributed by atoms with Crippen LogP contribution in [-0.2, 0) is 4.74 Å². The van der Waals surface area contributed by atoms with E-state index in [-0.39, 0.29) is 39.7 Å². The minimum atomic E-state index is -1.27. The van der Waals surface area contributed by atoms with Crippen molar-refractivity contribution >= 4 is 39.5 Å². The number of halogens is 6. The molecule has 0 bridgehead atoms. The lowest BCUT2D eigenvalue weighted by molar-refractivity contribution is 0.0692. The fourth-order valence-corrected chi connectivity index (χ4v) is 5.27. The van der Waals surface area contributed by atoms with Crippen LogP contribution in [0.4, 0.5) is 26.3 Å². The van der Waals surface area contributed by atoms with Crippen LogP contribution < -0.4 is 9.47 Å². The number of aromatic hydroxyl groups is 2. The molecule has 60 heavy (non-hydrogen) atoms. The second kappa shape index (κ2) is 20.3. The number of hydrogen-bond acceptors (Lipinski definition) is 8. The zero-order chi connectivity index (χ0) is 43.3. The van der Waals surface area contributed by atoms with Gasteiger partial charge in [-0.15, -0.1) is 0 Å². The Bertz CT molecular complexity index is 2510. The smallest absolute Gasteiger partial charge is 0.343 e. The summed E-state index contributed by atoms with van der Waals surface area (Å²) in [6.07, 6.45) is 2.56. The first-order chi connectivity index (χ1) is 28.7. The van der Waals surface area contributed by atoms with E-state index in [0.717, 1.165) is 72.5 Å². The number of ether oxygens (including phenoxy) is 3. The standard InChI is InChI=1S/C24H12F4O4.C10H8O2.C7H4F2O2.C4H8O/c25-19-7-3-15(11-21(19)27)23(29)31-17-5-1-13-9-18(6-2-14(13)10-17)32-24(30)16-4-8-20(26)22(28)12-16;11-9-3-1-7-5-10(12)4-2-8(7)6-9;8-5-2-1-4(7(10)11)3-6(5)9;1-2-4-5-3-1/h1-12H;1-6,11-12H;1-3H,(H,10,11);1-4H2. The van der Waals surface area contributed by atoms with E-state index in [1.807, 2.05) is 0 Å². The third-order valence-corrected chi connectivity index (χ3v) is 8.32. The maximum Gasteiger partial charge on any atom is 0.343 e. The fraction of sp³-hybridized carbons (Fsp3) is 0.0889. The minimum Gasteiger partial charge on any atom is -0.508 e. The number of carboxylic acid groups (broad SMARTS) is 1. The SMILES string of the molecule is C1CCOC1.O=C(O)c1ccc(F)c(F)c1.O=C(Oc1ccc2cc(OC(=O)c3ccc(F)c(F)c3)ccc2c1)c1ccc(F)c(F)c1.Oc1ccc2cc(O)ccc2c1. The molecule has 7 aromatic rings. The van der Waals surface area contributed by atoms with Crippen LogP contribution in [0.3, 0.4) is 0 Å². The topological polar surface area (TPSA) is 140 Å². The molecule has 3 N–H and O–H groups in total. The van der Waals surface area contributed by atoms with Crippen molar-refractivity contribution in [3.05, 3.63) is 179 Å². The van der Waals surface area contributed by atoms with E-state index in [4.69, 9.17) is 29.5 Å². The van der Waals surface area contributed by atoms with Gasteiger partial charge in [0.15, 0.2) is 34.9 Å². The molecule has 0 spiro atoms. The lowest BCUT2D eigenvalue weighted by atomic mass is 10.1. The minimum absolute atomic E-state index is 0.150. The van der Waals surface area contributed by atoms with Gasteiger partial charge < -0.3 is 29.5 Å². The van der Waals surface area contributed by atoms with Gasteiger partial charge in [-0.05, 0) is 138 Å². The van der Waals surface area contributed by atoms with E-state index in [1.54, 1.807) is 48.5 Å². The molecular weight excluding hydrogens is 798 g/mol. The molecule has 1 heterocycles. The monoisotopic (exact) mass is 830 g/mol. The van der Waals surface area contributed by atoms with Crippen LogP contribution in [0.2, 0.25) is 0 Å². The summed E-state index contributed by atoms with van der Waals surface area (Å²) in [7, 11) is 0. The van der Waals surface area contributed by atoms with Gasteiger partial charge >= 0.3 is 17.9 Å². The number of phenolic OH excluding ortho intramolecular Hbond substituents is 2. The quantitative estimate of drug-likeness (QED) is 0.0879. The Hall–Kier alpha value is -7.39. The number of aromatic carboxylic acids is 1. The van der Waals surface area contributed by atoms with Crippen molar-refractivity contribution in [3.8, 4) is 23.0 Å². The van der Waals surface area contributed by atoms with Crippen molar-refractivity contribution in [1.82, 2.24) is 0 Å². The van der Waals surface area contributed by atoms with E-state index in [1.165, 1.54) is 37.1 Å². The zero-order valence-electron chi connectivity index (χ0n) is 31.0. The van der Waals surface area contributed by atoms with E-state index < -0.39 is 52.8 Å². The highest BCUT2D eigenvalue weighted by Gasteiger charge is 2.15. The molecule has 308 valence electrons. The summed E-state index contributed by atoms with van der Waals surface area (Å²) in [6.45, 7) is 2.00. The summed E-state index contributed by atoms with van der Waals surface area (Å²) >= 11 is 0. The van der Waals surface area contributed by atoms with Gasteiger partial charge in [0.25, 0.3) is 0 Å². The molecule has 0 atom stereocenters. The predicted molar refractivity (Wildman–Crippen MR) is 207 cm³/mol. The van der Waals surface area contributed by atoms with E-state index in [2.05, 4.69) is 0 Å². The van der Waals surface area contributed by atoms with Crippen molar-refractivity contribution < 1.29 is 70.3 Å². The molecule has 1 saturated heterocycles. The fourth-order valence-electron chi connectivity index (χ4n) is 5.27. The molecule has 9 nitrogen and oxygen atoms in total.